The highest BCUT2D eigenvalue weighted by Gasteiger charge is 2.33. The molecule has 2 aliphatic rings. The van der Waals surface area contributed by atoms with E-state index in [1.807, 2.05) is 4.90 Å². The number of fused-ring (bicyclic) bond motifs is 1. The van der Waals surface area contributed by atoms with Crippen LogP contribution in [0, 0.1) is 0 Å². The summed E-state index contributed by atoms with van der Waals surface area (Å²) in [5, 5.41) is 9.90. The molecule has 19 heavy (non-hydrogen) atoms. The highest BCUT2D eigenvalue weighted by Crippen LogP contribution is 2.26. The lowest BCUT2D eigenvalue weighted by molar-refractivity contribution is 0.0571. The second-order valence-electron chi connectivity index (χ2n) is 5.25. The third kappa shape index (κ3) is 2.42. The largest absolute Gasteiger partial charge is 0.508 e. The Kier molecular flexibility index (Phi) is 3.37. The second kappa shape index (κ2) is 5.02. The molecule has 1 amide bonds. The van der Waals surface area contributed by atoms with E-state index in [0.717, 1.165) is 32.6 Å². The van der Waals surface area contributed by atoms with Gasteiger partial charge < -0.3 is 10.0 Å². The Morgan fingerprint density at radius 3 is 3.00 bits per heavy atom. The number of piperazine rings is 1. The van der Waals surface area contributed by atoms with E-state index >= 15 is 0 Å². The number of phenols is 1. The molecule has 2 aliphatic heterocycles. The Balaban J connectivity index is 1.78. The molecule has 0 spiro atoms. The van der Waals surface area contributed by atoms with E-state index in [2.05, 4.69) is 4.90 Å². The number of aromatic hydroxyl groups is 1. The van der Waals surface area contributed by atoms with Gasteiger partial charge in [0.1, 0.15) is 5.75 Å². The maximum Gasteiger partial charge on any atom is 0.255 e. The molecule has 0 saturated carbocycles. The maximum atomic E-state index is 12.5. The van der Waals surface area contributed by atoms with Crippen LogP contribution in [0.1, 0.15) is 23.2 Å². The van der Waals surface area contributed by atoms with Crippen LogP contribution in [-0.2, 0) is 0 Å². The monoisotopic (exact) mass is 280 g/mol. The van der Waals surface area contributed by atoms with Gasteiger partial charge in [0.15, 0.2) is 0 Å². The quantitative estimate of drug-likeness (QED) is 0.855. The van der Waals surface area contributed by atoms with Crippen molar-refractivity contribution >= 4 is 17.5 Å². The second-order valence-corrected chi connectivity index (χ2v) is 5.65. The molecule has 2 fully saturated rings. The van der Waals surface area contributed by atoms with Gasteiger partial charge in [0, 0.05) is 25.7 Å². The Morgan fingerprint density at radius 1 is 1.32 bits per heavy atom. The van der Waals surface area contributed by atoms with Crippen molar-refractivity contribution in [2.75, 3.05) is 26.2 Å². The van der Waals surface area contributed by atoms with Crippen molar-refractivity contribution in [3.63, 3.8) is 0 Å². The van der Waals surface area contributed by atoms with Gasteiger partial charge in [-0.1, -0.05) is 11.6 Å². The first-order valence-corrected chi connectivity index (χ1v) is 7.05. The van der Waals surface area contributed by atoms with E-state index in [1.165, 1.54) is 18.6 Å². The van der Waals surface area contributed by atoms with Crippen LogP contribution in [0.5, 0.6) is 5.75 Å². The van der Waals surface area contributed by atoms with E-state index in [-0.39, 0.29) is 11.7 Å². The molecule has 2 heterocycles. The summed E-state index contributed by atoms with van der Waals surface area (Å²) in [6, 6.07) is 5.00. The third-order valence-electron chi connectivity index (χ3n) is 4.05. The van der Waals surface area contributed by atoms with E-state index in [0.29, 0.717) is 16.6 Å². The average Bonchev–Trinajstić information content (AvgIpc) is 2.88. The van der Waals surface area contributed by atoms with E-state index in [9.17, 15) is 9.90 Å². The van der Waals surface area contributed by atoms with Gasteiger partial charge in [0.2, 0.25) is 0 Å². The number of phenolic OH excluding ortho intramolecular Hbond substituents is 1. The minimum absolute atomic E-state index is 0.0762. The highest BCUT2D eigenvalue weighted by molar-refractivity contribution is 6.33. The summed E-state index contributed by atoms with van der Waals surface area (Å²) in [5.41, 5.74) is 0.396. The highest BCUT2D eigenvalue weighted by atomic mass is 35.5. The first kappa shape index (κ1) is 12.8. The normalized spacial score (nSPS) is 23.4. The average molecular weight is 281 g/mol. The molecule has 0 radical (unpaired) electrons. The molecule has 102 valence electrons. The molecular formula is C14H17ClN2O2. The van der Waals surface area contributed by atoms with Crippen molar-refractivity contribution in [3.05, 3.63) is 28.8 Å². The number of carbonyl (C=O) groups excluding carboxylic acids is 1. The van der Waals surface area contributed by atoms with Crippen LogP contribution in [0.2, 0.25) is 5.02 Å². The van der Waals surface area contributed by atoms with Crippen LogP contribution < -0.4 is 0 Å². The molecule has 0 aliphatic carbocycles. The van der Waals surface area contributed by atoms with Crippen LogP contribution in [0.15, 0.2) is 18.2 Å². The van der Waals surface area contributed by atoms with Crippen molar-refractivity contribution in [1.29, 1.82) is 0 Å². The summed E-state index contributed by atoms with van der Waals surface area (Å²) < 4.78 is 0. The lowest BCUT2D eigenvalue weighted by Gasteiger charge is -2.37. The Labute approximate surface area is 117 Å². The fourth-order valence-corrected chi connectivity index (χ4v) is 3.22. The lowest BCUT2D eigenvalue weighted by atomic mass is 10.1. The Bertz CT molecular complexity index is 506. The van der Waals surface area contributed by atoms with Gasteiger partial charge >= 0.3 is 0 Å². The van der Waals surface area contributed by atoms with Crippen molar-refractivity contribution in [2.24, 2.45) is 0 Å². The summed E-state index contributed by atoms with van der Waals surface area (Å²) in [7, 11) is 0. The maximum absolute atomic E-state index is 12.5. The number of rotatable bonds is 1. The first-order valence-electron chi connectivity index (χ1n) is 6.67. The molecule has 1 aromatic rings. The van der Waals surface area contributed by atoms with E-state index in [1.54, 1.807) is 6.07 Å². The van der Waals surface area contributed by atoms with Gasteiger partial charge in [-0.15, -0.1) is 0 Å². The predicted molar refractivity (Wildman–Crippen MR) is 73.6 cm³/mol. The number of nitrogens with zero attached hydrogens (tertiary/aromatic N) is 2. The zero-order chi connectivity index (χ0) is 13.4. The number of benzene rings is 1. The van der Waals surface area contributed by atoms with Crippen LogP contribution in [0.4, 0.5) is 0 Å². The summed E-state index contributed by atoms with van der Waals surface area (Å²) in [6.07, 6.45) is 2.39. The number of hydrogen-bond donors (Lipinski definition) is 1. The van der Waals surface area contributed by atoms with Crippen molar-refractivity contribution in [2.45, 2.75) is 18.9 Å². The number of amides is 1. The van der Waals surface area contributed by atoms with Crippen LogP contribution in [-0.4, -0.2) is 53.0 Å². The molecule has 1 atom stereocenters. The minimum Gasteiger partial charge on any atom is -0.508 e. The number of halogens is 1. The summed E-state index contributed by atoms with van der Waals surface area (Å²) in [5.74, 6) is -0.000276. The molecule has 0 bridgehead atoms. The van der Waals surface area contributed by atoms with Crippen molar-refractivity contribution in [1.82, 2.24) is 9.80 Å². The summed E-state index contributed by atoms with van der Waals surface area (Å²) in [6.45, 7) is 3.60. The van der Waals surface area contributed by atoms with Crippen molar-refractivity contribution < 1.29 is 9.90 Å². The molecule has 1 N–H and O–H groups in total. The van der Waals surface area contributed by atoms with Gasteiger partial charge in [-0.25, -0.2) is 0 Å². The van der Waals surface area contributed by atoms with Gasteiger partial charge in [-0.05, 0) is 37.6 Å². The molecule has 0 aromatic heterocycles. The SMILES string of the molecule is O=C(c1cc(O)ccc1Cl)N1CCN2CCCC2C1. The predicted octanol–water partition coefficient (Wildman–Crippen LogP) is 1.97. The third-order valence-corrected chi connectivity index (χ3v) is 4.38. The topological polar surface area (TPSA) is 43.8 Å². The first-order chi connectivity index (χ1) is 9.15. The Morgan fingerprint density at radius 2 is 2.16 bits per heavy atom. The molecule has 1 aromatic carbocycles. The van der Waals surface area contributed by atoms with Gasteiger partial charge in [0.25, 0.3) is 5.91 Å². The molecule has 4 nitrogen and oxygen atoms in total. The van der Waals surface area contributed by atoms with E-state index in [4.69, 9.17) is 11.6 Å². The summed E-state index contributed by atoms with van der Waals surface area (Å²) in [4.78, 5) is 16.8. The lowest BCUT2D eigenvalue weighted by Crippen LogP contribution is -2.52. The van der Waals surface area contributed by atoms with E-state index < -0.39 is 0 Å². The zero-order valence-corrected chi connectivity index (χ0v) is 11.4. The van der Waals surface area contributed by atoms with Crippen LogP contribution in [0.3, 0.4) is 0 Å². The summed E-state index contributed by atoms with van der Waals surface area (Å²) >= 11 is 6.05. The van der Waals surface area contributed by atoms with Crippen LogP contribution in [0.25, 0.3) is 0 Å². The fraction of sp³-hybridized carbons (Fsp3) is 0.500. The van der Waals surface area contributed by atoms with Gasteiger partial charge in [-0.2, -0.15) is 0 Å². The zero-order valence-electron chi connectivity index (χ0n) is 10.7. The molecule has 1 unspecified atom stereocenters. The standard InChI is InChI=1S/C14H17ClN2O2/c15-13-4-3-11(18)8-12(13)14(19)17-7-6-16-5-1-2-10(16)9-17/h3-4,8,10,18H,1-2,5-7,9H2. The van der Waals surface area contributed by atoms with Gasteiger partial charge in [0.05, 0.1) is 10.6 Å². The number of carbonyl (C=O) groups is 1. The van der Waals surface area contributed by atoms with Crippen LogP contribution >= 0.6 is 11.6 Å². The molecule has 3 rings (SSSR count). The molecular weight excluding hydrogens is 264 g/mol. The van der Waals surface area contributed by atoms with Crippen molar-refractivity contribution in [3.8, 4) is 5.75 Å². The Hall–Kier alpha value is -1.26. The molecule has 2 saturated heterocycles. The number of hydrogen-bond acceptors (Lipinski definition) is 3. The smallest absolute Gasteiger partial charge is 0.255 e. The fourth-order valence-electron chi connectivity index (χ4n) is 3.02. The minimum atomic E-state index is -0.0764. The molecule has 5 heteroatoms. The van der Waals surface area contributed by atoms with Gasteiger partial charge in [-0.3, -0.25) is 9.69 Å².